The molecule has 1 fully saturated rings. The van der Waals surface area contributed by atoms with E-state index < -0.39 is 17.7 Å². The minimum absolute atomic E-state index is 0.227. The molecule has 59 heavy (non-hydrogen) atoms. The van der Waals surface area contributed by atoms with Crippen molar-refractivity contribution in [3.63, 3.8) is 0 Å². The summed E-state index contributed by atoms with van der Waals surface area (Å²) >= 11 is 1.20. The molecule has 0 spiro atoms. The van der Waals surface area contributed by atoms with Crippen molar-refractivity contribution in [2.45, 2.75) is 73.1 Å². The number of rotatable bonds is 18. The Kier molecular flexibility index (Phi) is 12.4. The summed E-state index contributed by atoms with van der Waals surface area (Å²) in [5, 5.41) is 14.8. The molecule has 312 valence electrons. The van der Waals surface area contributed by atoms with Gasteiger partial charge in [-0.3, -0.25) is 44.1 Å². The van der Waals surface area contributed by atoms with E-state index in [2.05, 4.69) is 30.7 Å². The molecule has 0 unspecified atom stereocenters. The average molecular weight is 828 g/mol. The Balaban J connectivity index is 1.17. The predicted octanol–water partition coefficient (Wildman–Crippen LogP) is 3.78. The lowest BCUT2D eigenvalue weighted by Gasteiger charge is -2.26. The fourth-order valence-corrected chi connectivity index (χ4v) is 8.22. The van der Waals surface area contributed by atoms with Crippen LogP contribution in [0.2, 0.25) is 0 Å². The Hall–Kier alpha value is -6.12. The van der Waals surface area contributed by atoms with E-state index in [1.54, 1.807) is 39.7 Å². The van der Waals surface area contributed by atoms with Gasteiger partial charge < -0.3 is 30.1 Å². The van der Waals surface area contributed by atoms with E-state index in [4.69, 9.17) is 25.9 Å². The van der Waals surface area contributed by atoms with Crippen LogP contribution in [0.3, 0.4) is 0 Å². The lowest BCUT2D eigenvalue weighted by atomic mass is 10.1. The number of aryl methyl sites for hydroxylation is 6. The van der Waals surface area contributed by atoms with Crippen LogP contribution >= 0.6 is 11.3 Å². The van der Waals surface area contributed by atoms with Crippen molar-refractivity contribution >= 4 is 68.2 Å². The molecule has 20 heteroatoms. The molecule has 4 amide bonds. The van der Waals surface area contributed by atoms with Gasteiger partial charge in [-0.1, -0.05) is 0 Å². The van der Waals surface area contributed by atoms with Gasteiger partial charge in [0.2, 0.25) is 17.8 Å². The first-order chi connectivity index (χ1) is 28.4. The number of imidazole rings is 2. The fourth-order valence-electron chi connectivity index (χ4n) is 7.24. The highest BCUT2D eigenvalue weighted by molar-refractivity contribution is 7.20. The highest BCUT2D eigenvalue weighted by Crippen LogP contribution is 2.33. The van der Waals surface area contributed by atoms with Crippen molar-refractivity contribution in [1.82, 2.24) is 43.6 Å². The van der Waals surface area contributed by atoms with Gasteiger partial charge in [-0.25, -0.2) is 9.97 Å². The number of thiophene rings is 1. The first-order valence-electron chi connectivity index (χ1n) is 19.7. The molecule has 7 rings (SSSR count). The number of nitrogens with two attached hydrogens (primary N) is 2. The molecular weight excluding hydrogens is 779 g/mol. The molecule has 0 aliphatic carbocycles. The second-order valence-corrected chi connectivity index (χ2v) is 15.3. The third-order valence-corrected chi connectivity index (χ3v) is 11.2. The van der Waals surface area contributed by atoms with Crippen LogP contribution in [0.4, 0.5) is 11.9 Å². The summed E-state index contributed by atoms with van der Waals surface area (Å²) in [6.45, 7) is 13.6. The normalized spacial score (nSPS) is 13.4. The standard InChI is InChI=1S/C39H49N13O6S/c1-5-51-28(18-23(3)46-51)35(55)44-38-42-26-20-25(33(40)53)21-30(58-15-9-10-48-13-16-57-17-14-48)32(26)49(38)11-7-8-12-50-37-27(22-31(59-37)34(41)54)43-39(50)45-36(56)29-19-24(4)47-52(29)6-2/h18-22H,5-17H2,1-4H3,(H2,40,53)(H2,41,54)(H,42,44,55)(H,43,45,56). The molecule has 0 radical (unpaired) electrons. The summed E-state index contributed by atoms with van der Waals surface area (Å²) in [5.74, 6) is -0.953. The van der Waals surface area contributed by atoms with Crippen LogP contribution < -0.4 is 26.8 Å². The van der Waals surface area contributed by atoms with Crippen molar-refractivity contribution < 1.29 is 28.7 Å². The molecule has 0 bridgehead atoms. The molecule has 5 aromatic heterocycles. The number of morpholine rings is 1. The van der Waals surface area contributed by atoms with Crippen LogP contribution in [-0.4, -0.2) is 107 Å². The fraction of sp³-hybridized carbons (Fsp3) is 0.436. The Morgan fingerprint density at radius 1 is 0.763 bits per heavy atom. The van der Waals surface area contributed by atoms with Gasteiger partial charge in [0, 0.05) is 51.4 Å². The lowest BCUT2D eigenvalue weighted by Crippen LogP contribution is -2.37. The Bertz CT molecular complexity index is 2520. The van der Waals surface area contributed by atoms with Crippen molar-refractivity contribution in [1.29, 1.82) is 0 Å². The number of hydrogen-bond donors (Lipinski definition) is 4. The topological polar surface area (TPSA) is 237 Å². The second kappa shape index (κ2) is 17.8. The zero-order valence-corrected chi connectivity index (χ0v) is 34.4. The van der Waals surface area contributed by atoms with Crippen molar-refractivity contribution in [3.8, 4) is 5.75 Å². The van der Waals surface area contributed by atoms with E-state index in [1.165, 1.54) is 11.3 Å². The molecule has 1 aliphatic rings. The number of hydrogen-bond acceptors (Lipinski definition) is 12. The number of anilines is 2. The van der Waals surface area contributed by atoms with E-state index >= 15 is 0 Å². The average Bonchev–Trinajstić information content (AvgIpc) is 4.04. The number of benzene rings is 1. The molecule has 1 aromatic carbocycles. The van der Waals surface area contributed by atoms with Gasteiger partial charge in [-0.05, 0) is 77.3 Å². The molecule has 6 aromatic rings. The van der Waals surface area contributed by atoms with E-state index in [0.717, 1.165) is 26.1 Å². The van der Waals surface area contributed by atoms with Crippen LogP contribution in [0, 0.1) is 13.8 Å². The maximum atomic E-state index is 13.8. The van der Waals surface area contributed by atoms with Gasteiger partial charge in [0.05, 0.1) is 41.6 Å². The van der Waals surface area contributed by atoms with Crippen LogP contribution in [0.25, 0.3) is 21.4 Å². The quantitative estimate of drug-likeness (QED) is 0.0910. The molecule has 0 saturated carbocycles. The number of fused-ring (bicyclic) bond motifs is 2. The number of carbonyl (C=O) groups is 4. The maximum Gasteiger partial charge on any atom is 0.276 e. The minimum Gasteiger partial charge on any atom is -0.491 e. The van der Waals surface area contributed by atoms with Crippen molar-refractivity contribution in [2.75, 3.05) is 50.1 Å². The maximum absolute atomic E-state index is 13.8. The van der Waals surface area contributed by atoms with Crippen LogP contribution in [0.1, 0.15) is 85.5 Å². The van der Waals surface area contributed by atoms with Crippen LogP contribution in [0.5, 0.6) is 5.75 Å². The minimum atomic E-state index is -0.635. The number of unbranched alkanes of at least 4 members (excludes halogenated alkanes) is 1. The van der Waals surface area contributed by atoms with Crippen molar-refractivity contribution in [2.24, 2.45) is 11.5 Å². The summed E-state index contributed by atoms with van der Waals surface area (Å²) in [5.41, 5.74) is 15.4. The van der Waals surface area contributed by atoms with Gasteiger partial charge in [-0.2, -0.15) is 10.2 Å². The molecular formula is C39H49N13O6S. The largest absolute Gasteiger partial charge is 0.491 e. The summed E-state index contributed by atoms with van der Waals surface area (Å²) in [4.78, 5) is 64.7. The highest BCUT2D eigenvalue weighted by atomic mass is 32.1. The SMILES string of the molecule is CCn1nc(C)cc1C(=O)Nc1nc2cc(C(N)=O)sc2n1CCCCn1c(NC(=O)c2cc(C)nn2CC)nc2cc(C(N)=O)cc(OCCCN3CCOCC3)c21. The molecule has 1 saturated heterocycles. The number of carbonyl (C=O) groups excluding carboxylic acids is 4. The first-order valence-corrected chi connectivity index (χ1v) is 20.5. The predicted molar refractivity (Wildman–Crippen MR) is 222 cm³/mol. The van der Waals surface area contributed by atoms with Crippen LogP contribution in [0.15, 0.2) is 30.3 Å². The number of nitrogens with zero attached hydrogens (tertiary/aromatic N) is 9. The molecule has 6 heterocycles. The first kappa shape index (κ1) is 41.1. The van der Waals surface area contributed by atoms with Gasteiger partial charge in [0.25, 0.3) is 17.7 Å². The zero-order chi connectivity index (χ0) is 41.8. The third-order valence-electron chi connectivity index (χ3n) is 10.1. The van der Waals surface area contributed by atoms with E-state index in [1.807, 2.05) is 36.8 Å². The summed E-state index contributed by atoms with van der Waals surface area (Å²) < 4.78 is 18.9. The second-order valence-electron chi connectivity index (χ2n) is 14.3. The third kappa shape index (κ3) is 8.98. The molecule has 19 nitrogen and oxygen atoms in total. The Labute approximate surface area is 343 Å². The molecule has 0 atom stereocenters. The van der Waals surface area contributed by atoms with Crippen LogP contribution in [-0.2, 0) is 30.9 Å². The zero-order valence-electron chi connectivity index (χ0n) is 33.6. The van der Waals surface area contributed by atoms with Gasteiger partial charge >= 0.3 is 0 Å². The Morgan fingerprint density at radius 3 is 1.95 bits per heavy atom. The Morgan fingerprint density at radius 2 is 1.36 bits per heavy atom. The lowest BCUT2D eigenvalue weighted by molar-refractivity contribution is 0.0358. The summed E-state index contributed by atoms with van der Waals surface area (Å²) in [6, 6.07) is 8.28. The monoisotopic (exact) mass is 827 g/mol. The van der Waals surface area contributed by atoms with Crippen molar-refractivity contribution in [3.05, 3.63) is 63.5 Å². The number of primary amides is 2. The number of aromatic nitrogens is 8. The van der Waals surface area contributed by atoms with Gasteiger partial charge in [0.1, 0.15) is 33.0 Å². The van der Waals surface area contributed by atoms with Gasteiger partial charge in [-0.15, -0.1) is 11.3 Å². The van der Waals surface area contributed by atoms with E-state index in [-0.39, 0.29) is 17.4 Å². The van der Waals surface area contributed by atoms with E-state index in [9.17, 15) is 19.2 Å². The number of amides is 4. The number of nitrogens with one attached hydrogen (secondary N) is 2. The molecule has 6 N–H and O–H groups in total. The van der Waals surface area contributed by atoms with Gasteiger partial charge in [0.15, 0.2) is 0 Å². The van der Waals surface area contributed by atoms with E-state index in [0.29, 0.717) is 120 Å². The smallest absolute Gasteiger partial charge is 0.276 e. The number of ether oxygens (including phenoxy) is 2. The summed E-state index contributed by atoms with van der Waals surface area (Å²) in [7, 11) is 0. The summed E-state index contributed by atoms with van der Waals surface area (Å²) in [6.07, 6.45) is 1.88. The molecule has 1 aliphatic heterocycles. The highest BCUT2D eigenvalue weighted by Gasteiger charge is 2.24.